The van der Waals surface area contributed by atoms with Crippen LogP contribution in [0, 0.1) is 77.0 Å². The molecule has 0 amide bonds. The lowest BCUT2D eigenvalue weighted by atomic mass is 9.83. The van der Waals surface area contributed by atoms with Gasteiger partial charge in [-0.3, -0.25) is 19.2 Å². The molecular formula is C84H130O21. The maximum Gasteiger partial charge on any atom is 0.378 e. The van der Waals surface area contributed by atoms with Gasteiger partial charge in [-0.05, 0) is 203 Å². The molecule has 6 aliphatic rings. The lowest BCUT2D eigenvalue weighted by Crippen LogP contribution is -2.37. The maximum atomic E-state index is 13.0. The van der Waals surface area contributed by atoms with E-state index in [9.17, 15) is 39.0 Å². The van der Waals surface area contributed by atoms with Crippen LogP contribution in [0.3, 0.4) is 0 Å². The minimum absolute atomic E-state index is 0.0760. The molecule has 2 saturated heterocycles. The van der Waals surface area contributed by atoms with Crippen LogP contribution in [0.1, 0.15) is 296 Å². The zero-order valence-corrected chi connectivity index (χ0v) is 67.3. The summed E-state index contributed by atoms with van der Waals surface area (Å²) in [5, 5.41) is 37.6. The highest BCUT2D eigenvalue weighted by Crippen LogP contribution is 2.48. The third-order valence-electron chi connectivity index (χ3n) is 22.0. The Morgan fingerprint density at radius 3 is 1.14 bits per heavy atom. The molecule has 10 unspecified atom stereocenters. The summed E-state index contributed by atoms with van der Waals surface area (Å²) in [6.07, 6.45) is 22.0. The fourth-order valence-electron chi connectivity index (χ4n) is 15.0. The van der Waals surface area contributed by atoms with Crippen molar-refractivity contribution in [2.75, 3.05) is 13.2 Å². The minimum Gasteiger partial charge on any atom is -0.505 e. The molecule has 0 bridgehead atoms. The van der Waals surface area contributed by atoms with Crippen LogP contribution >= 0.6 is 0 Å². The first-order chi connectivity index (χ1) is 49.1. The largest absolute Gasteiger partial charge is 0.505 e. The SMILES string of the molecule is CC1(C)OCC(C2OC(=O)C(O)=C2O)O1.Cc1c(C)c2c(c(C)c1OC(=O)CCC(=O)O)CCC(C)(CCCC(C)CCCC(C)CCCC(C)C)O2.Cc1c(C)c2c(c(C)c1OC(=O)CCC(=O)OC1=C(O)C(=O)OC1C1COC(C)(C)O1)CCC(C)(CCCC(C)CCCC(C)CCCC(C)C)O2. The number of hydrogen-bond acceptors (Lipinski definition) is 20. The number of carbonyl (C=O) groups is 6. The van der Waals surface area contributed by atoms with Gasteiger partial charge < -0.3 is 72.5 Å². The molecule has 10 atom stereocenters. The predicted molar refractivity (Wildman–Crippen MR) is 400 cm³/mol. The van der Waals surface area contributed by atoms with Gasteiger partial charge >= 0.3 is 35.8 Å². The molecule has 0 aliphatic carbocycles. The minimum atomic E-state index is -1.14. The Labute approximate surface area is 626 Å². The van der Waals surface area contributed by atoms with E-state index >= 15 is 0 Å². The number of ether oxygens (including phenoxy) is 11. The van der Waals surface area contributed by atoms with Crippen molar-refractivity contribution in [3.63, 3.8) is 0 Å². The highest BCUT2D eigenvalue weighted by Gasteiger charge is 2.49. The van der Waals surface area contributed by atoms with E-state index in [1.807, 2.05) is 41.5 Å². The summed E-state index contributed by atoms with van der Waals surface area (Å²) in [5.41, 5.74) is 7.21. The number of cyclic esters (lactones) is 2. The molecule has 2 aromatic rings. The number of esters is 5. The Morgan fingerprint density at radius 1 is 0.448 bits per heavy atom. The molecule has 6 heterocycles. The molecule has 21 nitrogen and oxygen atoms in total. The average Bonchev–Trinajstić information content (AvgIpc) is 1.70. The van der Waals surface area contributed by atoms with Crippen molar-refractivity contribution in [3.05, 3.63) is 67.5 Å². The van der Waals surface area contributed by atoms with Crippen molar-refractivity contribution in [1.29, 1.82) is 0 Å². The molecule has 2 fully saturated rings. The second kappa shape index (κ2) is 39.1. The summed E-state index contributed by atoms with van der Waals surface area (Å²) in [4.78, 5) is 71.7. The number of carboxylic acids is 1. The van der Waals surface area contributed by atoms with Gasteiger partial charge in [-0.1, -0.05) is 145 Å². The van der Waals surface area contributed by atoms with Gasteiger partial charge in [0, 0.05) is 11.1 Å². The van der Waals surface area contributed by atoms with Gasteiger partial charge in [-0.25, -0.2) is 9.59 Å². The number of carboxylic acid groups (broad SMARTS) is 1. The van der Waals surface area contributed by atoms with Crippen LogP contribution in [0.4, 0.5) is 0 Å². The van der Waals surface area contributed by atoms with Crippen molar-refractivity contribution >= 4 is 35.8 Å². The van der Waals surface area contributed by atoms with Crippen LogP contribution in [0.15, 0.2) is 23.0 Å². The van der Waals surface area contributed by atoms with Crippen LogP contribution < -0.4 is 18.9 Å². The standard InChI is InChI=1S/C42H64O10.C33H54O5.C9H12O6/c1-25(2)14-11-15-26(3)16-12-17-27(4)18-13-22-42(10)23-21-31-30(7)36(28(5)29(6)37(31)52-42)48-33(43)19-20-34(44)49-39-35(45)40(46)50-38(39)32-24-47-41(8,9)51-32;1-22(2)12-9-13-23(3)14-10-15-24(4)16-11-20-33(8)21-19-28-27(7)31(25(5)26(6)32(28)38-33)37-30(36)18-17-29(34)35;1-9(2)13-3-4(15-9)7-5(10)6(11)8(12)14-7/h25-27,32,38,45H,11-24H2,1-10H3;22-24H,9-21H2,1-8H3,(H,34,35);4,7,10-11H,3H2,1-2H3. The Kier molecular flexibility index (Phi) is 32.6. The average molecular weight is 1480 g/mol. The van der Waals surface area contributed by atoms with Gasteiger partial charge in [0.25, 0.3) is 0 Å². The normalized spacial score (nSPS) is 23.4. The summed E-state index contributed by atoms with van der Waals surface area (Å²) < 4.78 is 62.1. The zero-order chi connectivity index (χ0) is 78.1. The highest BCUT2D eigenvalue weighted by atomic mass is 16.8. The second-order valence-electron chi connectivity index (χ2n) is 33.5. The van der Waals surface area contributed by atoms with Crippen LogP contribution in [0.5, 0.6) is 23.0 Å². The lowest BCUT2D eigenvalue weighted by molar-refractivity contribution is -0.165. The van der Waals surface area contributed by atoms with Crippen molar-refractivity contribution < 1.29 is 101 Å². The van der Waals surface area contributed by atoms with Crippen LogP contribution in [-0.4, -0.2) is 117 Å². The van der Waals surface area contributed by atoms with Gasteiger partial charge in [0.15, 0.2) is 29.5 Å². The van der Waals surface area contributed by atoms with E-state index in [1.165, 1.54) is 96.3 Å². The number of hydrogen-bond donors (Lipinski definition) is 4. The monoisotopic (exact) mass is 1470 g/mol. The third-order valence-corrected chi connectivity index (χ3v) is 22.0. The van der Waals surface area contributed by atoms with E-state index in [0.717, 1.165) is 131 Å². The molecule has 0 radical (unpaired) electrons. The topological polar surface area (TPSA) is 285 Å². The molecule has 21 heteroatoms. The van der Waals surface area contributed by atoms with Crippen molar-refractivity contribution in [2.24, 2.45) is 35.5 Å². The van der Waals surface area contributed by atoms with E-state index in [1.54, 1.807) is 27.7 Å². The fraction of sp³-hybridized carbons (Fsp3) is 0.738. The fourth-order valence-corrected chi connectivity index (χ4v) is 15.0. The van der Waals surface area contributed by atoms with E-state index in [-0.39, 0.29) is 55.9 Å². The molecule has 4 N–H and O–H groups in total. The third kappa shape index (κ3) is 25.9. The summed E-state index contributed by atoms with van der Waals surface area (Å²) in [5.74, 6) is -1.34. The smallest absolute Gasteiger partial charge is 0.378 e. The molecule has 592 valence electrons. The predicted octanol–water partition coefficient (Wildman–Crippen LogP) is 18.5. The summed E-state index contributed by atoms with van der Waals surface area (Å²) >= 11 is 0. The first-order valence-electron chi connectivity index (χ1n) is 39.2. The molecule has 8 rings (SSSR count). The number of rotatable bonds is 35. The van der Waals surface area contributed by atoms with E-state index in [4.69, 9.17) is 62.3 Å². The van der Waals surface area contributed by atoms with E-state index < -0.39 is 89.1 Å². The number of carbonyl (C=O) groups excluding carboxylic acids is 5. The van der Waals surface area contributed by atoms with Gasteiger partial charge in [-0.2, -0.15) is 0 Å². The Balaban J connectivity index is 0.000000282. The number of fused-ring (bicyclic) bond motifs is 2. The molecule has 0 saturated carbocycles. The number of benzene rings is 2. The first-order valence-corrected chi connectivity index (χ1v) is 39.2. The first kappa shape index (κ1) is 87.5. The summed E-state index contributed by atoms with van der Waals surface area (Å²) in [6, 6.07) is 0. The number of aliphatic hydroxyl groups is 3. The Hall–Kier alpha value is -6.42. The zero-order valence-electron chi connectivity index (χ0n) is 67.3. The Bertz CT molecular complexity index is 3370. The molecule has 0 spiro atoms. The maximum absolute atomic E-state index is 13.0. The van der Waals surface area contributed by atoms with Crippen LogP contribution in [-0.2, 0) is 74.8 Å². The number of aliphatic carboxylic acids is 1. The van der Waals surface area contributed by atoms with Crippen molar-refractivity contribution in [2.45, 2.75) is 353 Å². The quantitative estimate of drug-likeness (QED) is 0.0283. The van der Waals surface area contributed by atoms with Gasteiger partial charge in [0.05, 0.1) is 38.9 Å². The van der Waals surface area contributed by atoms with Crippen LogP contribution in [0.25, 0.3) is 0 Å². The summed E-state index contributed by atoms with van der Waals surface area (Å²) in [6.45, 7) is 42.2. The van der Waals surface area contributed by atoms with Gasteiger partial charge in [-0.15, -0.1) is 0 Å². The molecule has 2 aromatic carbocycles. The molecular weight excluding hydrogens is 1340 g/mol. The Morgan fingerprint density at radius 2 is 0.790 bits per heavy atom. The van der Waals surface area contributed by atoms with E-state index in [0.29, 0.717) is 17.4 Å². The molecule has 6 aliphatic heterocycles. The highest BCUT2D eigenvalue weighted by molar-refractivity contribution is 5.90. The molecule has 0 aromatic heterocycles. The summed E-state index contributed by atoms with van der Waals surface area (Å²) in [7, 11) is 0. The lowest BCUT2D eigenvalue weighted by Gasteiger charge is -2.38. The van der Waals surface area contributed by atoms with Gasteiger partial charge in [0.1, 0.15) is 46.4 Å². The van der Waals surface area contributed by atoms with Crippen molar-refractivity contribution in [1.82, 2.24) is 0 Å². The number of aliphatic hydroxyl groups excluding tert-OH is 3. The second-order valence-corrected chi connectivity index (χ2v) is 33.5. The van der Waals surface area contributed by atoms with Crippen molar-refractivity contribution in [3.8, 4) is 23.0 Å². The van der Waals surface area contributed by atoms with Gasteiger partial charge in [0.2, 0.25) is 17.3 Å². The van der Waals surface area contributed by atoms with E-state index in [2.05, 4.69) is 69.2 Å². The molecule has 105 heavy (non-hydrogen) atoms. The van der Waals surface area contributed by atoms with Crippen LogP contribution in [0.2, 0.25) is 0 Å².